The number of aliphatic imine (C=N–C) groups is 1. The zero-order chi connectivity index (χ0) is 10.6. The SMILES string of the molecule is Cc1ccc(N=C=O)c(OC(F)F)c1. The van der Waals surface area contributed by atoms with Crippen molar-refractivity contribution in [2.24, 2.45) is 4.99 Å². The molecule has 0 bridgehead atoms. The number of aryl methyl sites for hydroxylation is 1. The van der Waals surface area contributed by atoms with Crippen LogP contribution in [0.15, 0.2) is 23.2 Å². The highest BCUT2D eigenvalue weighted by Gasteiger charge is 2.09. The van der Waals surface area contributed by atoms with Crippen molar-refractivity contribution >= 4 is 11.8 Å². The second-order valence-electron chi connectivity index (χ2n) is 2.55. The molecule has 0 saturated carbocycles. The van der Waals surface area contributed by atoms with Gasteiger partial charge < -0.3 is 4.74 Å². The Balaban J connectivity index is 3.08. The summed E-state index contributed by atoms with van der Waals surface area (Å²) in [6.07, 6.45) is 1.27. The highest BCUT2D eigenvalue weighted by molar-refractivity contribution is 5.58. The molecule has 0 aliphatic heterocycles. The molecule has 0 spiro atoms. The maximum atomic E-state index is 11.9. The Morgan fingerprint density at radius 1 is 1.50 bits per heavy atom. The molecule has 0 unspecified atom stereocenters. The molecule has 0 amide bonds. The third-order valence-electron chi connectivity index (χ3n) is 1.50. The van der Waals surface area contributed by atoms with Gasteiger partial charge in [0.1, 0.15) is 5.69 Å². The molecule has 0 fully saturated rings. The van der Waals surface area contributed by atoms with Crippen molar-refractivity contribution in [3.63, 3.8) is 0 Å². The van der Waals surface area contributed by atoms with Crippen LogP contribution in [0.25, 0.3) is 0 Å². The number of halogens is 2. The third kappa shape index (κ3) is 2.64. The first-order valence-corrected chi connectivity index (χ1v) is 3.77. The van der Waals surface area contributed by atoms with E-state index < -0.39 is 6.61 Å². The Bertz CT molecular complexity index is 373. The molecule has 74 valence electrons. The van der Waals surface area contributed by atoms with Crippen LogP contribution in [0.1, 0.15) is 5.56 Å². The summed E-state index contributed by atoms with van der Waals surface area (Å²) in [5.41, 5.74) is 0.788. The monoisotopic (exact) mass is 199 g/mol. The molecule has 0 heterocycles. The molecule has 0 N–H and O–H groups in total. The molecule has 1 aromatic carbocycles. The summed E-state index contributed by atoms with van der Waals surface area (Å²) in [7, 11) is 0. The number of isocyanates is 1. The fraction of sp³-hybridized carbons (Fsp3) is 0.222. The van der Waals surface area contributed by atoms with E-state index in [1.165, 1.54) is 18.2 Å². The average molecular weight is 199 g/mol. The van der Waals surface area contributed by atoms with E-state index in [1.54, 1.807) is 13.0 Å². The molecular formula is C9H7F2NO2. The lowest BCUT2D eigenvalue weighted by Gasteiger charge is -2.06. The van der Waals surface area contributed by atoms with Gasteiger partial charge in [0.25, 0.3) is 0 Å². The van der Waals surface area contributed by atoms with E-state index in [-0.39, 0.29) is 11.4 Å². The number of hydrogen-bond acceptors (Lipinski definition) is 3. The van der Waals surface area contributed by atoms with Crippen LogP contribution in [-0.2, 0) is 4.79 Å². The first-order chi connectivity index (χ1) is 6.63. The summed E-state index contributed by atoms with van der Waals surface area (Å²) in [5, 5.41) is 0. The smallest absolute Gasteiger partial charge is 0.387 e. The minimum Gasteiger partial charge on any atom is -0.432 e. The Morgan fingerprint density at radius 2 is 2.21 bits per heavy atom. The number of rotatable bonds is 3. The van der Waals surface area contributed by atoms with Gasteiger partial charge in [-0.1, -0.05) is 6.07 Å². The van der Waals surface area contributed by atoms with E-state index in [2.05, 4.69) is 9.73 Å². The zero-order valence-corrected chi connectivity index (χ0v) is 7.33. The maximum Gasteiger partial charge on any atom is 0.387 e. The molecular weight excluding hydrogens is 192 g/mol. The topological polar surface area (TPSA) is 38.7 Å². The van der Waals surface area contributed by atoms with E-state index in [1.807, 2.05) is 0 Å². The predicted molar refractivity (Wildman–Crippen MR) is 45.6 cm³/mol. The van der Waals surface area contributed by atoms with Crippen LogP contribution in [0.3, 0.4) is 0 Å². The minimum atomic E-state index is -2.93. The number of alkyl halides is 2. The number of carbonyl (C=O) groups excluding carboxylic acids is 1. The van der Waals surface area contributed by atoms with Crippen LogP contribution in [0.2, 0.25) is 0 Å². The molecule has 1 aromatic rings. The second kappa shape index (κ2) is 4.48. The van der Waals surface area contributed by atoms with Crippen molar-refractivity contribution in [3.8, 4) is 5.75 Å². The van der Waals surface area contributed by atoms with E-state index in [0.29, 0.717) is 0 Å². The van der Waals surface area contributed by atoms with Crippen LogP contribution in [-0.4, -0.2) is 12.7 Å². The van der Waals surface area contributed by atoms with Crippen molar-refractivity contribution in [2.45, 2.75) is 13.5 Å². The highest BCUT2D eigenvalue weighted by Crippen LogP contribution is 2.29. The van der Waals surface area contributed by atoms with Crippen LogP contribution < -0.4 is 4.74 Å². The summed E-state index contributed by atoms with van der Waals surface area (Å²) < 4.78 is 28.0. The Hall–Kier alpha value is -1.74. The normalized spacial score (nSPS) is 9.71. The van der Waals surface area contributed by atoms with Crippen molar-refractivity contribution in [1.29, 1.82) is 0 Å². The maximum absolute atomic E-state index is 11.9. The van der Waals surface area contributed by atoms with Crippen molar-refractivity contribution in [2.75, 3.05) is 0 Å². The standard InChI is InChI=1S/C9H7F2NO2/c1-6-2-3-7(12-5-13)8(4-6)14-9(10)11/h2-4,9H,1H3. The lowest BCUT2D eigenvalue weighted by atomic mass is 10.2. The lowest BCUT2D eigenvalue weighted by molar-refractivity contribution is -0.0494. The first kappa shape index (κ1) is 10.3. The van der Waals surface area contributed by atoms with Gasteiger partial charge in [0.15, 0.2) is 5.75 Å². The summed E-state index contributed by atoms with van der Waals surface area (Å²) in [6.45, 7) is -1.22. The fourth-order valence-electron chi connectivity index (χ4n) is 0.953. The molecule has 3 nitrogen and oxygen atoms in total. The molecule has 5 heteroatoms. The number of ether oxygens (including phenoxy) is 1. The third-order valence-corrected chi connectivity index (χ3v) is 1.50. The van der Waals surface area contributed by atoms with Crippen LogP contribution >= 0.6 is 0 Å². The van der Waals surface area contributed by atoms with Gasteiger partial charge in [-0.2, -0.15) is 13.8 Å². The van der Waals surface area contributed by atoms with Crippen LogP contribution in [0, 0.1) is 6.92 Å². The minimum absolute atomic E-state index is 0.0471. The highest BCUT2D eigenvalue weighted by atomic mass is 19.3. The first-order valence-electron chi connectivity index (χ1n) is 3.77. The molecule has 0 saturated heterocycles. The Labute approximate surface area is 79.0 Å². The quantitative estimate of drug-likeness (QED) is 0.554. The summed E-state index contributed by atoms with van der Waals surface area (Å²) >= 11 is 0. The van der Waals surface area contributed by atoms with E-state index in [9.17, 15) is 13.6 Å². The van der Waals surface area contributed by atoms with Crippen molar-refractivity contribution < 1.29 is 18.3 Å². The Morgan fingerprint density at radius 3 is 2.79 bits per heavy atom. The molecule has 14 heavy (non-hydrogen) atoms. The van der Waals surface area contributed by atoms with Gasteiger partial charge in [-0.3, -0.25) is 0 Å². The number of nitrogens with zero attached hydrogens (tertiary/aromatic N) is 1. The summed E-state index contributed by atoms with van der Waals surface area (Å²) in [5.74, 6) is -0.122. The van der Waals surface area contributed by atoms with Gasteiger partial charge in [0.2, 0.25) is 6.08 Å². The Kier molecular flexibility index (Phi) is 3.31. The largest absolute Gasteiger partial charge is 0.432 e. The number of benzene rings is 1. The predicted octanol–water partition coefficient (Wildman–Crippen LogP) is 2.56. The van der Waals surface area contributed by atoms with Gasteiger partial charge in [-0.05, 0) is 24.6 Å². The van der Waals surface area contributed by atoms with Crippen molar-refractivity contribution in [3.05, 3.63) is 23.8 Å². The van der Waals surface area contributed by atoms with Gasteiger partial charge in [-0.15, -0.1) is 0 Å². The van der Waals surface area contributed by atoms with Gasteiger partial charge in [0.05, 0.1) is 0 Å². The van der Waals surface area contributed by atoms with E-state index >= 15 is 0 Å². The van der Waals surface area contributed by atoms with Gasteiger partial charge in [0, 0.05) is 0 Å². The molecule has 0 aromatic heterocycles. The molecule has 0 aliphatic carbocycles. The van der Waals surface area contributed by atoms with E-state index in [0.717, 1.165) is 5.56 Å². The van der Waals surface area contributed by atoms with Gasteiger partial charge in [-0.25, -0.2) is 4.79 Å². The second-order valence-corrected chi connectivity index (χ2v) is 2.55. The molecule has 0 aliphatic rings. The zero-order valence-electron chi connectivity index (χ0n) is 7.33. The summed E-state index contributed by atoms with van der Waals surface area (Å²) in [4.78, 5) is 13.2. The van der Waals surface area contributed by atoms with Crippen LogP contribution in [0.4, 0.5) is 14.5 Å². The summed E-state index contributed by atoms with van der Waals surface area (Å²) in [6, 6.07) is 4.43. The van der Waals surface area contributed by atoms with Gasteiger partial charge >= 0.3 is 6.61 Å². The van der Waals surface area contributed by atoms with E-state index in [4.69, 9.17) is 0 Å². The van der Waals surface area contributed by atoms with Crippen LogP contribution in [0.5, 0.6) is 5.75 Å². The molecule has 0 atom stereocenters. The lowest BCUT2D eigenvalue weighted by Crippen LogP contribution is -2.02. The molecule has 0 radical (unpaired) electrons. The fourth-order valence-corrected chi connectivity index (χ4v) is 0.953. The number of hydrogen-bond donors (Lipinski definition) is 0. The average Bonchev–Trinajstić information content (AvgIpc) is 2.09. The molecule has 1 rings (SSSR count). The van der Waals surface area contributed by atoms with Crippen molar-refractivity contribution in [1.82, 2.24) is 0 Å².